The largest absolute Gasteiger partial charge is 0.376 e. The van der Waals surface area contributed by atoms with Crippen LogP contribution in [0.1, 0.15) is 75.2 Å². The monoisotopic (exact) mass is 312 g/mol. The lowest BCUT2D eigenvalue weighted by atomic mass is 9.95. The zero-order chi connectivity index (χ0) is 17.1. The van der Waals surface area contributed by atoms with Crippen molar-refractivity contribution in [2.75, 3.05) is 0 Å². The van der Waals surface area contributed by atoms with Crippen LogP contribution in [0.5, 0.6) is 0 Å². The number of unbranched alkanes of at least 4 members (excludes halogenated alkanes) is 2. The van der Waals surface area contributed by atoms with Gasteiger partial charge in [0.1, 0.15) is 6.10 Å². The molecule has 0 heterocycles. The van der Waals surface area contributed by atoms with Crippen molar-refractivity contribution in [3.63, 3.8) is 0 Å². The first-order valence-corrected chi connectivity index (χ1v) is 8.95. The van der Waals surface area contributed by atoms with E-state index in [1.807, 2.05) is 18.2 Å². The molecule has 1 N–H and O–H groups in total. The summed E-state index contributed by atoms with van der Waals surface area (Å²) < 4.78 is 0. The average molecular weight is 312 g/mol. The van der Waals surface area contributed by atoms with Crippen molar-refractivity contribution in [2.45, 2.75) is 71.8 Å². The van der Waals surface area contributed by atoms with Crippen molar-refractivity contribution < 1.29 is 5.11 Å². The third-order valence-corrected chi connectivity index (χ3v) is 4.39. The molecule has 1 unspecified atom stereocenters. The van der Waals surface area contributed by atoms with E-state index in [9.17, 15) is 5.11 Å². The molecule has 0 saturated heterocycles. The second kappa shape index (κ2) is 11.1. The number of rotatable bonds is 9. The smallest absolute Gasteiger partial charge is 0.140 e. The van der Waals surface area contributed by atoms with Gasteiger partial charge in [-0.15, -0.1) is 12.5 Å². The molecule has 1 nitrogen and oxygen atoms in total. The molecule has 0 spiro atoms. The molecule has 2 atom stereocenters. The molecular weight excluding hydrogens is 280 g/mol. The van der Waals surface area contributed by atoms with Gasteiger partial charge < -0.3 is 5.11 Å². The van der Waals surface area contributed by atoms with E-state index in [1.54, 1.807) is 0 Å². The Bertz CT molecular complexity index is 533. The summed E-state index contributed by atoms with van der Waals surface area (Å²) in [6.45, 7) is 10.4. The van der Waals surface area contributed by atoms with Gasteiger partial charge in [-0.2, -0.15) is 0 Å². The minimum atomic E-state index is -0.694. The number of hydrogen-bond donors (Lipinski definition) is 1. The fourth-order valence-corrected chi connectivity index (χ4v) is 2.86. The highest BCUT2D eigenvalue weighted by Gasteiger charge is 2.10. The van der Waals surface area contributed by atoms with Crippen LogP contribution in [0, 0.1) is 24.7 Å². The molecule has 1 aromatic rings. The van der Waals surface area contributed by atoms with Crippen LogP contribution in [0.15, 0.2) is 30.9 Å². The highest BCUT2D eigenvalue weighted by atomic mass is 16.3. The Hall–Kier alpha value is -1.52. The molecule has 0 aliphatic carbocycles. The zero-order valence-corrected chi connectivity index (χ0v) is 15.1. The van der Waals surface area contributed by atoms with Crippen LogP contribution in [-0.4, -0.2) is 5.11 Å². The quantitative estimate of drug-likeness (QED) is 0.349. The second-order valence-electron chi connectivity index (χ2n) is 6.50. The topological polar surface area (TPSA) is 20.2 Å². The van der Waals surface area contributed by atoms with Gasteiger partial charge in [-0.1, -0.05) is 69.7 Å². The van der Waals surface area contributed by atoms with Gasteiger partial charge in [0.05, 0.1) is 0 Å². The van der Waals surface area contributed by atoms with E-state index in [0.29, 0.717) is 0 Å². The lowest BCUT2D eigenvalue weighted by Gasteiger charge is -2.13. The Kier molecular flexibility index (Phi) is 9.41. The van der Waals surface area contributed by atoms with E-state index >= 15 is 0 Å². The molecule has 0 amide bonds. The first-order valence-electron chi connectivity index (χ1n) is 8.95. The summed E-state index contributed by atoms with van der Waals surface area (Å²) in [7, 11) is 0. The van der Waals surface area contributed by atoms with Gasteiger partial charge in [-0.3, -0.25) is 0 Å². The van der Waals surface area contributed by atoms with Crippen molar-refractivity contribution in [1.29, 1.82) is 0 Å². The van der Waals surface area contributed by atoms with Gasteiger partial charge in [0.15, 0.2) is 0 Å². The number of allylic oxidation sites excluding steroid dienone is 1. The summed E-state index contributed by atoms with van der Waals surface area (Å²) in [6, 6.07) is 6.02. The number of aliphatic hydroxyl groups is 1. The van der Waals surface area contributed by atoms with Gasteiger partial charge in [-0.25, -0.2) is 0 Å². The van der Waals surface area contributed by atoms with Crippen molar-refractivity contribution in [3.05, 3.63) is 47.5 Å². The molecule has 23 heavy (non-hydrogen) atoms. The molecule has 0 fully saturated rings. The first-order chi connectivity index (χ1) is 11.1. The van der Waals surface area contributed by atoms with E-state index in [4.69, 9.17) is 0 Å². The Balaban J connectivity index is 2.56. The molecule has 0 bridgehead atoms. The Morgan fingerprint density at radius 2 is 2.04 bits per heavy atom. The van der Waals surface area contributed by atoms with Crippen molar-refractivity contribution in [2.24, 2.45) is 5.92 Å². The Labute approximate surface area is 142 Å². The van der Waals surface area contributed by atoms with E-state index in [-0.39, 0.29) is 0 Å². The molecule has 1 heteroatoms. The molecular formula is C22H32O. The number of hydrogen-bond acceptors (Lipinski definition) is 1. The predicted octanol–water partition coefficient (Wildman–Crippen LogP) is 5.76. The lowest BCUT2D eigenvalue weighted by Crippen LogP contribution is -2.02. The molecule has 126 valence electrons. The van der Waals surface area contributed by atoms with Gasteiger partial charge in [-0.05, 0) is 42.4 Å². The lowest BCUT2D eigenvalue weighted by molar-refractivity contribution is 0.237. The summed E-state index contributed by atoms with van der Waals surface area (Å²) >= 11 is 0. The standard InChI is InChI=1S/C22H32O/c1-5-7-8-13-18(3)14-9-10-17-22(23)21-16-11-15-19(4)20(21)12-6-2/h6,11,15-16,18,22-23H,2,5,7-9,12-14H2,1,3-4H3/t18-,22?/m0/s1. The highest BCUT2D eigenvalue weighted by Crippen LogP contribution is 2.22. The molecule has 0 aromatic heterocycles. The first kappa shape index (κ1) is 19.5. The van der Waals surface area contributed by atoms with E-state index in [1.165, 1.54) is 31.2 Å². The third-order valence-electron chi connectivity index (χ3n) is 4.39. The number of aliphatic hydroxyl groups excluding tert-OH is 1. The van der Waals surface area contributed by atoms with Crippen molar-refractivity contribution >= 4 is 0 Å². The fourth-order valence-electron chi connectivity index (χ4n) is 2.86. The summed E-state index contributed by atoms with van der Waals surface area (Å²) in [5.74, 6) is 6.91. The summed E-state index contributed by atoms with van der Waals surface area (Å²) in [5, 5.41) is 10.4. The molecule has 1 aromatic carbocycles. The number of benzene rings is 1. The molecule has 0 radical (unpaired) electrons. The number of aryl methyl sites for hydroxylation is 1. The Morgan fingerprint density at radius 3 is 2.74 bits per heavy atom. The van der Waals surface area contributed by atoms with E-state index in [0.717, 1.165) is 36.3 Å². The normalized spacial score (nSPS) is 13.0. The van der Waals surface area contributed by atoms with Gasteiger partial charge in [0, 0.05) is 6.42 Å². The third kappa shape index (κ3) is 7.06. The van der Waals surface area contributed by atoms with Gasteiger partial charge >= 0.3 is 0 Å². The van der Waals surface area contributed by atoms with Crippen LogP contribution in [0.4, 0.5) is 0 Å². The summed E-state index contributed by atoms with van der Waals surface area (Å²) in [6.07, 6.45) is 9.17. The van der Waals surface area contributed by atoms with Gasteiger partial charge in [0.25, 0.3) is 0 Å². The minimum Gasteiger partial charge on any atom is -0.376 e. The fraction of sp³-hybridized carbons (Fsp3) is 0.545. The summed E-state index contributed by atoms with van der Waals surface area (Å²) in [5.41, 5.74) is 3.26. The van der Waals surface area contributed by atoms with Crippen LogP contribution in [0.3, 0.4) is 0 Å². The maximum Gasteiger partial charge on any atom is 0.140 e. The molecule has 1 rings (SSSR count). The molecule has 0 saturated carbocycles. The van der Waals surface area contributed by atoms with Crippen LogP contribution in [0.2, 0.25) is 0 Å². The predicted molar refractivity (Wildman–Crippen MR) is 100 cm³/mol. The SMILES string of the molecule is C=CCc1c(C)cccc1C(O)C#CCC[C@@H](C)CCCCC. The maximum absolute atomic E-state index is 10.4. The van der Waals surface area contributed by atoms with Gasteiger partial charge in [0.2, 0.25) is 0 Å². The zero-order valence-electron chi connectivity index (χ0n) is 15.1. The average Bonchev–Trinajstić information content (AvgIpc) is 2.53. The van der Waals surface area contributed by atoms with E-state index in [2.05, 4.69) is 45.3 Å². The van der Waals surface area contributed by atoms with E-state index < -0.39 is 6.10 Å². The maximum atomic E-state index is 10.4. The summed E-state index contributed by atoms with van der Waals surface area (Å²) in [4.78, 5) is 0. The molecule has 0 aliphatic heterocycles. The minimum absolute atomic E-state index is 0.694. The van der Waals surface area contributed by atoms with Crippen LogP contribution < -0.4 is 0 Å². The van der Waals surface area contributed by atoms with Crippen LogP contribution >= 0.6 is 0 Å². The van der Waals surface area contributed by atoms with Crippen LogP contribution in [-0.2, 0) is 6.42 Å². The highest BCUT2D eigenvalue weighted by molar-refractivity contribution is 5.39. The Morgan fingerprint density at radius 1 is 1.26 bits per heavy atom. The second-order valence-corrected chi connectivity index (χ2v) is 6.50. The molecule has 0 aliphatic rings. The van der Waals surface area contributed by atoms with Crippen molar-refractivity contribution in [3.8, 4) is 11.8 Å². The van der Waals surface area contributed by atoms with Crippen molar-refractivity contribution in [1.82, 2.24) is 0 Å². The van der Waals surface area contributed by atoms with Crippen LogP contribution in [0.25, 0.3) is 0 Å².